The second-order valence-electron chi connectivity index (χ2n) is 7.97. The summed E-state index contributed by atoms with van der Waals surface area (Å²) in [5.74, 6) is -0.163. The summed E-state index contributed by atoms with van der Waals surface area (Å²) < 4.78 is 3.54. The van der Waals surface area contributed by atoms with Crippen molar-refractivity contribution in [1.29, 1.82) is 0 Å². The van der Waals surface area contributed by atoms with Gasteiger partial charge < -0.3 is 9.72 Å². The summed E-state index contributed by atoms with van der Waals surface area (Å²) in [6, 6.07) is 20.8. The maximum atomic E-state index is 13.1. The van der Waals surface area contributed by atoms with Crippen molar-refractivity contribution < 1.29 is 4.79 Å². The molecule has 2 aromatic carbocycles. The Bertz CT molecular complexity index is 1530. The standard InChI is InChI=1S/C26H22N4O2/c1-17-7-8-18(2)21(15-17)28-25(31)20-11-9-19(10-12-20)16-30-24-22(5-3-13-27-24)29-14-4-6-23(29)26(30)32/h3-15H,16H2,1-2H3,(H,28,31). The number of aromatic nitrogens is 3. The van der Waals surface area contributed by atoms with Crippen LogP contribution in [0.1, 0.15) is 27.0 Å². The van der Waals surface area contributed by atoms with E-state index >= 15 is 0 Å². The van der Waals surface area contributed by atoms with Crippen LogP contribution >= 0.6 is 0 Å². The fourth-order valence-electron chi connectivity index (χ4n) is 3.94. The number of hydrogen-bond acceptors (Lipinski definition) is 3. The third kappa shape index (κ3) is 3.46. The van der Waals surface area contributed by atoms with Crippen LogP contribution in [0.4, 0.5) is 5.69 Å². The summed E-state index contributed by atoms with van der Waals surface area (Å²) in [4.78, 5) is 30.3. The van der Waals surface area contributed by atoms with Crippen LogP contribution in [-0.2, 0) is 6.54 Å². The maximum Gasteiger partial charge on any atom is 0.276 e. The van der Waals surface area contributed by atoms with Gasteiger partial charge in [0.15, 0.2) is 5.65 Å². The van der Waals surface area contributed by atoms with E-state index in [0.717, 1.165) is 27.9 Å². The molecule has 0 fully saturated rings. The van der Waals surface area contributed by atoms with Crippen molar-refractivity contribution in [3.05, 3.63) is 112 Å². The summed E-state index contributed by atoms with van der Waals surface area (Å²) in [6.07, 6.45) is 3.56. The van der Waals surface area contributed by atoms with E-state index in [-0.39, 0.29) is 11.5 Å². The summed E-state index contributed by atoms with van der Waals surface area (Å²) in [6.45, 7) is 4.33. The number of aryl methyl sites for hydroxylation is 2. The number of nitrogens with one attached hydrogen (secondary N) is 1. The van der Waals surface area contributed by atoms with Crippen LogP contribution in [0.2, 0.25) is 0 Å². The maximum absolute atomic E-state index is 13.1. The first-order valence-electron chi connectivity index (χ1n) is 10.4. The smallest absolute Gasteiger partial charge is 0.276 e. The van der Waals surface area contributed by atoms with Gasteiger partial charge in [0.2, 0.25) is 0 Å². The highest BCUT2D eigenvalue weighted by Gasteiger charge is 2.13. The van der Waals surface area contributed by atoms with Crippen LogP contribution in [0.3, 0.4) is 0 Å². The number of carbonyl (C=O) groups is 1. The molecule has 0 saturated heterocycles. The first-order valence-corrected chi connectivity index (χ1v) is 10.4. The second kappa shape index (κ2) is 7.81. The van der Waals surface area contributed by atoms with Crippen LogP contribution in [0.25, 0.3) is 16.7 Å². The molecule has 5 aromatic rings. The van der Waals surface area contributed by atoms with Gasteiger partial charge in [-0.2, -0.15) is 0 Å². The molecule has 32 heavy (non-hydrogen) atoms. The predicted octanol–water partition coefficient (Wildman–Crippen LogP) is 4.57. The molecule has 1 N–H and O–H groups in total. The molecular formula is C26H22N4O2. The first-order chi connectivity index (χ1) is 15.5. The minimum absolute atomic E-state index is 0.0991. The highest BCUT2D eigenvalue weighted by molar-refractivity contribution is 6.04. The fourth-order valence-corrected chi connectivity index (χ4v) is 3.94. The number of nitrogens with zero attached hydrogens (tertiary/aromatic N) is 3. The Hall–Kier alpha value is -4.19. The van der Waals surface area contributed by atoms with E-state index in [0.29, 0.717) is 23.3 Å². The van der Waals surface area contributed by atoms with Crippen molar-refractivity contribution in [1.82, 2.24) is 14.0 Å². The average Bonchev–Trinajstić information content (AvgIpc) is 3.30. The van der Waals surface area contributed by atoms with Gasteiger partial charge in [-0.15, -0.1) is 0 Å². The number of benzene rings is 2. The van der Waals surface area contributed by atoms with Crippen molar-refractivity contribution in [3.63, 3.8) is 0 Å². The van der Waals surface area contributed by atoms with Crippen molar-refractivity contribution in [3.8, 4) is 0 Å². The Morgan fingerprint density at radius 3 is 2.56 bits per heavy atom. The van der Waals surface area contributed by atoms with E-state index in [9.17, 15) is 9.59 Å². The molecule has 1 amide bonds. The van der Waals surface area contributed by atoms with Crippen LogP contribution in [0.15, 0.2) is 83.9 Å². The Balaban J connectivity index is 1.44. The SMILES string of the molecule is Cc1ccc(C)c(NC(=O)c2ccc(Cn3c(=O)c4cccn4c4cccnc43)cc2)c1. The molecule has 0 spiro atoms. The van der Waals surface area contributed by atoms with Crippen molar-refractivity contribution in [2.24, 2.45) is 0 Å². The van der Waals surface area contributed by atoms with Gasteiger partial charge in [0.05, 0.1) is 12.1 Å². The van der Waals surface area contributed by atoms with Crippen LogP contribution in [-0.4, -0.2) is 19.9 Å². The molecule has 3 heterocycles. The van der Waals surface area contributed by atoms with Gasteiger partial charge in [0.25, 0.3) is 11.5 Å². The zero-order valence-corrected chi connectivity index (χ0v) is 17.9. The third-order valence-corrected chi connectivity index (χ3v) is 5.69. The largest absolute Gasteiger partial charge is 0.322 e. The number of anilines is 1. The minimum atomic E-state index is -0.163. The van der Waals surface area contributed by atoms with E-state index in [1.165, 1.54) is 0 Å². The van der Waals surface area contributed by atoms with E-state index in [2.05, 4.69) is 10.3 Å². The molecule has 0 radical (unpaired) electrons. The molecule has 0 bridgehead atoms. The van der Waals surface area contributed by atoms with E-state index < -0.39 is 0 Å². The van der Waals surface area contributed by atoms with E-state index in [1.54, 1.807) is 22.9 Å². The zero-order valence-electron chi connectivity index (χ0n) is 17.9. The highest BCUT2D eigenvalue weighted by atomic mass is 16.1. The molecule has 0 saturated carbocycles. The van der Waals surface area contributed by atoms with Crippen LogP contribution in [0, 0.1) is 13.8 Å². The lowest BCUT2D eigenvalue weighted by atomic mass is 10.1. The molecule has 6 nitrogen and oxygen atoms in total. The Morgan fingerprint density at radius 2 is 1.75 bits per heavy atom. The first kappa shape index (κ1) is 19.8. The lowest BCUT2D eigenvalue weighted by Crippen LogP contribution is -2.24. The van der Waals surface area contributed by atoms with Crippen molar-refractivity contribution in [2.45, 2.75) is 20.4 Å². The fraction of sp³-hybridized carbons (Fsp3) is 0.115. The van der Waals surface area contributed by atoms with E-state index in [4.69, 9.17) is 0 Å². The topological polar surface area (TPSA) is 68.4 Å². The lowest BCUT2D eigenvalue weighted by Gasteiger charge is -2.12. The zero-order chi connectivity index (χ0) is 22.2. The molecule has 6 heteroatoms. The van der Waals surface area contributed by atoms with Crippen molar-refractivity contribution in [2.75, 3.05) is 5.32 Å². The number of carbonyl (C=O) groups excluding carboxylic acids is 1. The Labute approximate surface area is 184 Å². The summed E-state index contributed by atoms with van der Waals surface area (Å²) in [5, 5.41) is 2.98. The van der Waals surface area contributed by atoms with Gasteiger partial charge in [0.1, 0.15) is 5.52 Å². The van der Waals surface area contributed by atoms with Gasteiger partial charge in [-0.3, -0.25) is 14.2 Å². The number of rotatable bonds is 4. The van der Waals surface area contributed by atoms with Crippen molar-refractivity contribution >= 4 is 28.3 Å². The molecule has 3 aromatic heterocycles. The second-order valence-corrected chi connectivity index (χ2v) is 7.97. The molecule has 0 aliphatic heterocycles. The van der Waals surface area contributed by atoms with Gasteiger partial charge >= 0.3 is 0 Å². The quantitative estimate of drug-likeness (QED) is 0.461. The third-order valence-electron chi connectivity index (χ3n) is 5.69. The number of fused-ring (bicyclic) bond motifs is 3. The number of hydrogen-bond donors (Lipinski definition) is 1. The minimum Gasteiger partial charge on any atom is -0.322 e. The Morgan fingerprint density at radius 1 is 0.969 bits per heavy atom. The lowest BCUT2D eigenvalue weighted by molar-refractivity contribution is 0.102. The van der Waals surface area contributed by atoms with Gasteiger partial charge in [-0.25, -0.2) is 4.98 Å². The molecule has 158 valence electrons. The van der Waals surface area contributed by atoms with Crippen LogP contribution < -0.4 is 10.9 Å². The molecule has 0 aliphatic carbocycles. The number of amides is 1. The molecule has 0 aliphatic rings. The normalized spacial score (nSPS) is 11.2. The van der Waals surface area contributed by atoms with Crippen LogP contribution in [0.5, 0.6) is 0 Å². The molecule has 0 atom stereocenters. The van der Waals surface area contributed by atoms with Gasteiger partial charge in [-0.1, -0.05) is 24.3 Å². The summed E-state index contributed by atoms with van der Waals surface area (Å²) in [5.41, 5.74) is 6.39. The van der Waals surface area contributed by atoms with Gasteiger partial charge in [0, 0.05) is 23.6 Å². The van der Waals surface area contributed by atoms with Gasteiger partial charge in [-0.05, 0) is 73.0 Å². The summed E-state index contributed by atoms with van der Waals surface area (Å²) >= 11 is 0. The highest BCUT2D eigenvalue weighted by Crippen LogP contribution is 2.18. The Kier molecular flexibility index (Phi) is 4.82. The molecule has 5 rings (SSSR count). The average molecular weight is 422 g/mol. The summed E-state index contributed by atoms with van der Waals surface area (Å²) in [7, 11) is 0. The molecular weight excluding hydrogens is 400 g/mol. The monoisotopic (exact) mass is 422 g/mol. The number of pyridine rings is 1. The molecule has 0 unspecified atom stereocenters. The van der Waals surface area contributed by atoms with E-state index in [1.807, 2.05) is 79.0 Å². The predicted molar refractivity (Wildman–Crippen MR) is 126 cm³/mol.